The second-order valence-electron chi connectivity index (χ2n) is 6.77. The Morgan fingerprint density at radius 1 is 1.06 bits per heavy atom. The molecule has 0 saturated carbocycles. The molecule has 2 amide bonds. The van der Waals surface area contributed by atoms with E-state index < -0.39 is 24.2 Å². The van der Waals surface area contributed by atoms with Gasteiger partial charge in [0.2, 0.25) is 11.8 Å². The molecular formula is C22H16F3N3O2S. The van der Waals surface area contributed by atoms with E-state index in [2.05, 4.69) is 10.3 Å². The number of carbonyl (C=O) groups excluding carboxylic acids is 2. The van der Waals surface area contributed by atoms with Crippen LogP contribution in [-0.4, -0.2) is 24.1 Å². The van der Waals surface area contributed by atoms with Crippen LogP contribution in [0.4, 0.5) is 30.2 Å². The van der Waals surface area contributed by atoms with Crippen molar-refractivity contribution < 1.29 is 22.8 Å². The Bertz CT molecular complexity index is 1160. The van der Waals surface area contributed by atoms with Gasteiger partial charge in [0.15, 0.2) is 0 Å². The fraction of sp³-hybridized carbons (Fsp3) is 0.136. The first-order valence-electron chi connectivity index (χ1n) is 9.30. The number of aliphatic imine (C=N–C) groups is 1. The number of anilines is 2. The molecule has 0 spiro atoms. The number of nitrogens with zero attached hydrogens (tertiary/aromatic N) is 2. The molecule has 3 aromatic rings. The highest BCUT2D eigenvalue weighted by Gasteiger charge is 2.34. The van der Waals surface area contributed by atoms with Crippen molar-refractivity contribution in [3.63, 3.8) is 0 Å². The van der Waals surface area contributed by atoms with Crippen LogP contribution in [0.15, 0.2) is 71.0 Å². The van der Waals surface area contributed by atoms with Gasteiger partial charge in [-0.15, -0.1) is 11.3 Å². The van der Waals surface area contributed by atoms with Crippen LogP contribution < -0.4 is 10.2 Å². The second-order valence-corrected chi connectivity index (χ2v) is 7.72. The number of carbonyl (C=O) groups is 2. The summed E-state index contributed by atoms with van der Waals surface area (Å²) >= 11 is 1.45. The SMILES string of the molecule is O=C(CN1C(=O)CC(c2cccs2)=Nc2ccccc21)Nc1ccccc1C(F)(F)F. The smallest absolute Gasteiger partial charge is 0.324 e. The van der Waals surface area contributed by atoms with Crippen LogP contribution in [0.25, 0.3) is 0 Å². The normalized spacial score (nSPS) is 14.0. The predicted molar refractivity (Wildman–Crippen MR) is 114 cm³/mol. The molecule has 0 unspecified atom stereocenters. The zero-order valence-electron chi connectivity index (χ0n) is 16.0. The van der Waals surface area contributed by atoms with Crippen LogP contribution in [0.2, 0.25) is 0 Å². The monoisotopic (exact) mass is 443 g/mol. The van der Waals surface area contributed by atoms with E-state index in [1.54, 1.807) is 24.3 Å². The van der Waals surface area contributed by atoms with Gasteiger partial charge in [0, 0.05) is 4.88 Å². The lowest BCUT2D eigenvalue weighted by Gasteiger charge is -2.22. The minimum absolute atomic E-state index is 0.0262. The van der Waals surface area contributed by atoms with Crippen molar-refractivity contribution in [1.82, 2.24) is 0 Å². The maximum absolute atomic E-state index is 13.2. The van der Waals surface area contributed by atoms with E-state index in [1.165, 1.54) is 34.4 Å². The number of para-hydroxylation sites is 3. The Balaban J connectivity index is 1.60. The van der Waals surface area contributed by atoms with Crippen molar-refractivity contribution in [2.24, 2.45) is 4.99 Å². The molecule has 2 heterocycles. The molecule has 1 N–H and O–H groups in total. The van der Waals surface area contributed by atoms with Gasteiger partial charge in [0.1, 0.15) is 6.54 Å². The third-order valence-electron chi connectivity index (χ3n) is 4.66. The molecular weight excluding hydrogens is 427 g/mol. The first kappa shape index (κ1) is 20.8. The van der Waals surface area contributed by atoms with E-state index in [9.17, 15) is 22.8 Å². The van der Waals surface area contributed by atoms with Gasteiger partial charge in [-0.25, -0.2) is 4.99 Å². The molecule has 0 bridgehead atoms. The van der Waals surface area contributed by atoms with Crippen LogP contribution in [0, 0.1) is 0 Å². The molecule has 0 radical (unpaired) electrons. The van der Waals surface area contributed by atoms with Crippen LogP contribution in [0.3, 0.4) is 0 Å². The molecule has 1 aliphatic rings. The highest BCUT2D eigenvalue weighted by Crippen LogP contribution is 2.35. The Kier molecular flexibility index (Phi) is 5.60. The van der Waals surface area contributed by atoms with Crippen molar-refractivity contribution >= 4 is 45.9 Å². The zero-order chi connectivity index (χ0) is 22.0. The summed E-state index contributed by atoms with van der Waals surface area (Å²) in [6.07, 6.45) is -4.64. The van der Waals surface area contributed by atoms with Gasteiger partial charge < -0.3 is 10.2 Å². The lowest BCUT2D eigenvalue weighted by molar-refractivity contribution is -0.137. The zero-order valence-corrected chi connectivity index (χ0v) is 16.8. The van der Waals surface area contributed by atoms with Gasteiger partial charge in [0.25, 0.3) is 0 Å². The van der Waals surface area contributed by atoms with Crippen LogP contribution in [-0.2, 0) is 15.8 Å². The Hall–Kier alpha value is -3.46. The molecule has 31 heavy (non-hydrogen) atoms. The maximum atomic E-state index is 13.2. The van der Waals surface area contributed by atoms with Crippen molar-refractivity contribution in [2.45, 2.75) is 12.6 Å². The molecule has 5 nitrogen and oxygen atoms in total. The van der Waals surface area contributed by atoms with Gasteiger partial charge in [0.05, 0.1) is 34.8 Å². The maximum Gasteiger partial charge on any atom is 0.418 e. The fourth-order valence-corrected chi connectivity index (χ4v) is 3.99. The number of benzene rings is 2. The average Bonchev–Trinajstić information content (AvgIpc) is 3.22. The first-order chi connectivity index (χ1) is 14.8. The Morgan fingerprint density at radius 2 is 1.81 bits per heavy atom. The molecule has 0 aliphatic carbocycles. The highest BCUT2D eigenvalue weighted by atomic mass is 32.1. The van der Waals surface area contributed by atoms with E-state index in [0.29, 0.717) is 17.1 Å². The third kappa shape index (κ3) is 4.51. The lowest BCUT2D eigenvalue weighted by atomic mass is 10.1. The lowest BCUT2D eigenvalue weighted by Crippen LogP contribution is -2.38. The minimum atomic E-state index is -4.61. The molecule has 1 aliphatic heterocycles. The summed E-state index contributed by atoms with van der Waals surface area (Å²) < 4.78 is 39.7. The number of alkyl halides is 3. The van der Waals surface area contributed by atoms with E-state index in [-0.39, 0.29) is 18.0 Å². The van der Waals surface area contributed by atoms with Crippen molar-refractivity contribution in [3.05, 3.63) is 76.5 Å². The molecule has 0 atom stereocenters. The average molecular weight is 443 g/mol. The number of hydrogen-bond acceptors (Lipinski definition) is 4. The standard InChI is InChI=1S/C22H16F3N3O2S/c23-22(24,25)14-6-1-2-7-15(14)27-20(29)13-28-18-9-4-3-8-16(18)26-17(12-21(28)30)19-10-5-11-31-19/h1-11H,12-13H2,(H,27,29). The molecule has 4 rings (SSSR count). The largest absolute Gasteiger partial charge is 0.418 e. The number of halogens is 3. The fourth-order valence-electron chi connectivity index (χ4n) is 3.28. The van der Waals surface area contributed by atoms with Gasteiger partial charge in [-0.3, -0.25) is 9.59 Å². The van der Waals surface area contributed by atoms with Gasteiger partial charge in [-0.2, -0.15) is 13.2 Å². The van der Waals surface area contributed by atoms with Crippen LogP contribution in [0.5, 0.6) is 0 Å². The van der Waals surface area contributed by atoms with Crippen molar-refractivity contribution in [3.8, 4) is 0 Å². The molecule has 0 fully saturated rings. The van der Waals surface area contributed by atoms with Gasteiger partial charge >= 0.3 is 6.18 Å². The second kappa shape index (κ2) is 8.35. The Labute approximate surface area is 179 Å². The molecule has 1 aromatic heterocycles. The number of amides is 2. The van der Waals surface area contributed by atoms with Gasteiger partial charge in [-0.05, 0) is 35.7 Å². The summed E-state index contributed by atoms with van der Waals surface area (Å²) in [6, 6.07) is 15.3. The van der Waals surface area contributed by atoms with E-state index in [4.69, 9.17) is 0 Å². The predicted octanol–water partition coefficient (Wildman–Crippen LogP) is 5.26. The van der Waals surface area contributed by atoms with E-state index >= 15 is 0 Å². The van der Waals surface area contributed by atoms with Gasteiger partial charge in [-0.1, -0.05) is 30.3 Å². The van der Waals surface area contributed by atoms with E-state index in [1.807, 2.05) is 17.5 Å². The minimum Gasteiger partial charge on any atom is -0.324 e. The van der Waals surface area contributed by atoms with Crippen LogP contribution >= 0.6 is 11.3 Å². The summed E-state index contributed by atoms with van der Waals surface area (Å²) in [5.74, 6) is -1.10. The Morgan fingerprint density at radius 3 is 2.55 bits per heavy atom. The molecule has 9 heteroatoms. The number of hydrogen-bond donors (Lipinski definition) is 1. The number of fused-ring (bicyclic) bond motifs is 1. The summed E-state index contributed by atoms with van der Waals surface area (Å²) in [5, 5.41) is 4.16. The summed E-state index contributed by atoms with van der Waals surface area (Å²) in [4.78, 5) is 32.3. The summed E-state index contributed by atoms with van der Waals surface area (Å²) in [5.41, 5.74) is 0.219. The first-order valence-corrected chi connectivity index (χ1v) is 10.2. The molecule has 158 valence electrons. The van der Waals surface area contributed by atoms with Crippen LogP contribution in [0.1, 0.15) is 16.9 Å². The molecule has 2 aromatic carbocycles. The number of nitrogens with one attached hydrogen (secondary N) is 1. The number of rotatable bonds is 4. The number of thiophene rings is 1. The topological polar surface area (TPSA) is 61.8 Å². The third-order valence-corrected chi connectivity index (χ3v) is 5.58. The van der Waals surface area contributed by atoms with Crippen molar-refractivity contribution in [2.75, 3.05) is 16.8 Å². The summed E-state index contributed by atoms with van der Waals surface area (Å²) in [7, 11) is 0. The quantitative estimate of drug-likeness (QED) is 0.598. The van der Waals surface area contributed by atoms with E-state index in [0.717, 1.165) is 10.9 Å². The highest BCUT2D eigenvalue weighted by molar-refractivity contribution is 7.12. The molecule has 0 saturated heterocycles. The summed E-state index contributed by atoms with van der Waals surface area (Å²) in [6.45, 7) is -0.435. The van der Waals surface area contributed by atoms with Crippen molar-refractivity contribution in [1.29, 1.82) is 0 Å².